The predicted octanol–water partition coefficient (Wildman–Crippen LogP) is 4.21. The van der Waals surface area contributed by atoms with Gasteiger partial charge in [0.1, 0.15) is 17.2 Å². The SMILES string of the molecule is Cc1cnc(Nc2ccc(N(C(=O)OC(C)(C)C)C3CCNC3)nc2)nc1Nc1ccc2oc(=O)[nH]c2c1. The number of rotatable bonds is 6. The summed E-state index contributed by atoms with van der Waals surface area (Å²) in [5.41, 5.74) is 2.69. The first kappa shape index (κ1) is 25.2. The molecule has 0 spiro atoms. The molecule has 198 valence electrons. The van der Waals surface area contributed by atoms with E-state index in [9.17, 15) is 9.59 Å². The number of ether oxygens (including phenoxy) is 1. The van der Waals surface area contributed by atoms with Crippen LogP contribution in [-0.2, 0) is 4.74 Å². The van der Waals surface area contributed by atoms with Crippen LogP contribution < -0.4 is 26.6 Å². The zero-order chi connectivity index (χ0) is 26.9. The number of hydrogen-bond donors (Lipinski definition) is 4. The number of benzene rings is 1. The third-order valence-electron chi connectivity index (χ3n) is 5.89. The molecule has 1 unspecified atom stereocenters. The lowest BCUT2D eigenvalue weighted by Gasteiger charge is -2.30. The molecule has 4 N–H and O–H groups in total. The minimum Gasteiger partial charge on any atom is -0.443 e. The molecular weight excluding hydrogens is 488 g/mol. The normalized spacial score (nSPS) is 15.4. The van der Waals surface area contributed by atoms with Gasteiger partial charge in [-0.05, 0) is 71.0 Å². The summed E-state index contributed by atoms with van der Waals surface area (Å²) in [6, 6.07) is 8.84. The van der Waals surface area contributed by atoms with Gasteiger partial charge < -0.3 is 25.1 Å². The second-order valence-corrected chi connectivity index (χ2v) is 10.1. The summed E-state index contributed by atoms with van der Waals surface area (Å²) in [5, 5.41) is 9.70. The number of pyridine rings is 1. The summed E-state index contributed by atoms with van der Waals surface area (Å²) in [6.07, 6.45) is 3.73. The van der Waals surface area contributed by atoms with Crippen LogP contribution in [0.1, 0.15) is 32.8 Å². The number of aromatic nitrogens is 4. The van der Waals surface area contributed by atoms with Crippen LogP contribution in [0.5, 0.6) is 0 Å². The number of aryl methyl sites for hydroxylation is 1. The van der Waals surface area contributed by atoms with Gasteiger partial charge in [-0.2, -0.15) is 4.98 Å². The van der Waals surface area contributed by atoms with Gasteiger partial charge in [-0.15, -0.1) is 0 Å². The van der Waals surface area contributed by atoms with Crippen molar-refractivity contribution in [2.24, 2.45) is 0 Å². The quantitative estimate of drug-likeness (QED) is 0.292. The Hall–Kier alpha value is -4.45. The van der Waals surface area contributed by atoms with Crippen LogP contribution in [0.4, 0.5) is 33.8 Å². The Morgan fingerprint density at radius 2 is 1.95 bits per heavy atom. The number of nitrogens with one attached hydrogen (secondary N) is 4. The highest BCUT2D eigenvalue weighted by Crippen LogP contribution is 2.25. The highest BCUT2D eigenvalue weighted by atomic mass is 16.6. The van der Waals surface area contributed by atoms with E-state index >= 15 is 0 Å². The third kappa shape index (κ3) is 5.75. The molecule has 3 aromatic heterocycles. The predicted molar refractivity (Wildman–Crippen MR) is 144 cm³/mol. The maximum absolute atomic E-state index is 13.0. The molecule has 1 saturated heterocycles. The molecule has 5 rings (SSSR count). The van der Waals surface area contributed by atoms with Crippen molar-refractivity contribution in [3.05, 3.63) is 58.8 Å². The van der Waals surface area contributed by atoms with Crippen molar-refractivity contribution >= 4 is 46.2 Å². The average Bonchev–Trinajstić information content (AvgIpc) is 3.50. The Labute approximate surface area is 218 Å². The van der Waals surface area contributed by atoms with Crippen LogP contribution in [0.15, 0.2) is 51.9 Å². The fourth-order valence-electron chi connectivity index (χ4n) is 4.13. The minimum absolute atomic E-state index is 0.0377. The zero-order valence-corrected chi connectivity index (χ0v) is 21.7. The van der Waals surface area contributed by atoms with E-state index in [0.29, 0.717) is 40.9 Å². The van der Waals surface area contributed by atoms with E-state index in [-0.39, 0.29) is 6.04 Å². The first-order valence-corrected chi connectivity index (χ1v) is 12.3. The van der Waals surface area contributed by atoms with Gasteiger partial charge in [-0.1, -0.05) is 0 Å². The lowest BCUT2D eigenvalue weighted by molar-refractivity contribution is 0.0566. The maximum atomic E-state index is 13.0. The smallest absolute Gasteiger partial charge is 0.417 e. The highest BCUT2D eigenvalue weighted by Gasteiger charge is 2.32. The maximum Gasteiger partial charge on any atom is 0.417 e. The van der Waals surface area contributed by atoms with E-state index in [2.05, 4.69) is 35.9 Å². The third-order valence-corrected chi connectivity index (χ3v) is 5.89. The molecule has 12 heteroatoms. The van der Waals surface area contributed by atoms with Crippen LogP contribution in [0, 0.1) is 6.92 Å². The number of H-pyrrole nitrogens is 1. The van der Waals surface area contributed by atoms with Gasteiger partial charge in [-0.3, -0.25) is 9.88 Å². The van der Waals surface area contributed by atoms with Crippen LogP contribution >= 0.6 is 0 Å². The molecule has 1 fully saturated rings. The zero-order valence-electron chi connectivity index (χ0n) is 21.7. The molecule has 4 heterocycles. The fraction of sp³-hybridized carbons (Fsp3) is 0.346. The molecule has 0 aliphatic carbocycles. The van der Waals surface area contributed by atoms with Gasteiger partial charge in [0.2, 0.25) is 5.95 Å². The van der Waals surface area contributed by atoms with Crippen LogP contribution in [0.3, 0.4) is 0 Å². The molecule has 0 bridgehead atoms. The largest absolute Gasteiger partial charge is 0.443 e. The van der Waals surface area contributed by atoms with Crippen molar-refractivity contribution in [3.63, 3.8) is 0 Å². The van der Waals surface area contributed by atoms with Crippen molar-refractivity contribution in [1.29, 1.82) is 0 Å². The number of amides is 1. The van der Waals surface area contributed by atoms with Gasteiger partial charge >= 0.3 is 11.8 Å². The molecule has 0 radical (unpaired) electrons. The van der Waals surface area contributed by atoms with Gasteiger partial charge in [-0.25, -0.2) is 19.6 Å². The van der Waals surface area contributed by atoms with Gasteiger partial charge in [0.05, 0.1) is 23.4 Å². The number of anilines is 5. The molecule has 1 atom stereocenters. The van der Waals surface area contributed by atoms with Gasteiger partial charge in [0.15, 0.2) is 5.58 Å². The molecular formula is C26H30N8O4. The number of fused-ring (bicyclic) bond motifs is 1. The molecule has 0 saturated carbocycles. The Morgan fingerprint density at radius 3 is 2.66 bits per heavy atom. The van der Waals surface area contributed by atoms with Crippen molar-refractivity contribution < 1.29 is 13.9 Å². The molecule has 38 heavy (non-hydrogen) atoms. The Bertz CT molecular complexity index is 1500. The number of carbonyl (C=O) groups excluding carboxylic acids is 1. The summed E-state index contributed by atoms with van der Waals surface area (Å²) in [7, 11) is 0. The van der Waals surface area contributed by atoms with E-state index in [1.54, 1.807) is 41.6 Å². The van der Waals surface area contributed by atoms with E-state index in [4.69, 9.17) is 9.15 Å². The standard InChI is InChI=1S/C26H30N8O4/c1-15-12-29-23(33-22(15)30-16-5-7-20-19(11-16)32-24(35)37-20)31-17-6-8-21(28-13-17)34(18-9-10-27-14-18)25(36)38-26(2,3)4/h5-8,11-13,18,27H,9-10,14H2,1-4H3,(H,32,35)(H2,29,30,31,33). The van der Waals surface area contributed by atoms with Crippen LogP contribution in [0.25, 0.3) is 11.1 Å². The number of hydrogen-bond acceptors (Lipinski definition) is 10. The van der Waals surface area contributed by atoms with Crippen LogP contribution in [-0.4, -0.2) is 50.8 Å². The van der Waals surface area contributed by atoms with E-state index in [1.165, 1.54) is 0 Å². The lowest BCUT2D eigenvalue weighted by Crippen LogP contribution is -2.45. The molecule has 12 nitrogen and oxygen atoms in total. The summed E-state index contributed by atoms with van der Waals surface area (Å²) in [6.45, 7) is 8.94. The molecule has 1 aromatic carbocycles. The van der Waals surface area contributed by atoms with Crippen molar-refractivity contribution in [1.82, 2.24) is 25.3 Å². The van der Waals surface area contributed by atoms with Crippen LogP contribution in [0.2, 0.25) is 0 Å². The lowest BCUT2D eigenvalue weighted by atomic mass is 10.2. The van der Waals surface area contributed by atoms with Gasteiger partial charge in [0.25, 0.3) is 0 Å². The van der Waals surface area contributed by atoms with E-state index in [1.807, 2.05) is 33.8 Å². The monoisotopic (exact) mass is 518 g/mol. The molecule has 1 amide bonds. The fourth-order valence-corrected chi connectivity index (χ4v) is 4.13. The van der Waals surface area contributed by atoms with E-state index < -0.39 is 17.5 Å². The van der Waals surface area contributed by atoms with Crippen molar-refractivity contribution in [3.8, 4) is 0 Å². The number of aromatic amines is 1. The highest BCUT2D eigenvalue weighted by molar-refractivity contribution is 5.87. The summed E-state index contributed by atoms with van der Waals surface area (Å²) < 4.78 is 10.7. The average molecular weight is 519 g/mol. The summed E-state index contributed by atoms with van der Waals surface area (Å²) in [5.74, 6) is 0.977. The molecule has 1 aliphatic rings. The Kier molecular flexibility index (Phi) is 6.72. The summed E-state index contributed by atoms with van der Waals surface area (Å²) in [4.78, 5) is 42.2. The molecule has 1 aliphatic heterocycles. The first-order valence-electron chi connectivity index (χ1n) is 12.3. The van der Waals surface area contributed by atoms with Crippen molar-refractivity contribution in [2.75, 3.05) is 28.6 Å². The first-order chi connectivity index (χ1) is 18.1. The van der Waals surface area contributed by atoms with Gasteiger partial charge in [0, 0.05) is 24.0 Å². The number of nitrogens with zero attached hydrogens (tertiary/aromatic N) is 4. The number of carbonyl (C=O) groups is 1. The summed E-state index contributed by atoms with van der Waals surface area (Å²) >= 11 is 0. The second kappa shape index (κ2) is 10.1. The topological polar surface area (TPSA) is 150 Å². The minimum atomic E-state index is -0.612. The Balaban J connectivity index is 1.32. The van der Waals surface area contributed by atoms with E-state index in [0.717, 1.165) is 24.2 Å². The van der Waals surface area contributed by atoms with Crippen molar-refractivity contribution in [2.45, 2.75) is 45.8 Å². The second-order valence-electron chi connectivity index (χ2n) is 10.1. The molecule has 4 aromatic rings. The Morgan fingerprint density at radius 1 is 1.13 bits per heavy atom. The number of oxazole rings is 1.